The van der Waals surface area contributed by atoms with Gasteiger partial charge >= 0.3 is 0 Å². The molecule has 1 heterocycles. The van der Waals surface area contributed by atoms with Crippen molar-refractivity contribution in [3.63, 3.8) is 0 Å². The van der Waals surface area contributed by atoms with Crippen molar-refractivity contribution in [2.24, 2.45) is 0 Å². The Morgan fingerprint density at radius 2 is 1.55 bits per heavy atom. The van der Waals surface area contributed by atoms with Gasteiger partial charge in [0, 0.05) is 5.69 Å². The number of amides is 2. The van der Waals surface area contributed by atoms with Gasteiger partial charge in [0.1, 0.15) is 17.3 Å². The van der Waals surface area contributed by atoms with Crippen LogP contribution in [0.2, 0.25) is 0 Å². The lowest BCUT2D eigenvalue weighted by Crippen LogP contribution is -2.33. The van der Waals surface area contributed by atoms with Crippen molar-refractivity contribution in [1.29, 1.82) is 0 Å². The number of benzene rings is 3. The number of carbonyl (C=O) groups excluding carboxylic acids is 2. The summed E-state index contributed by atoms with van der Waals surface area (Å²) in [5.74, 6) is -0.670. The van der Waals surface area contributed by atoms with Crippen LogP contribution in [0.3, 0.4) is 0 Å². The first-order valence-electron chi connectivity index (χ1n) is 9.77. The molecule has 2 amide bonds. The number of imide groups is 1. The van der Waals surface area contributed by atoms with Crippen LogP contribution in [0.15, 0.2) is 72.4 Å². The van der Waals surface area contributed by atoms with Crippen molar-refractivity contribution < 1.29 is 18.7 Å². The highest BCUT2D eigenvalue weighted by molar-refractivity contribution is 6.46. The predicted octanol–water partition coefficient (Wildman–Crippen LogP) is 4.85. The maximum absolute atomic E-state index is 13.5. The lowest BCUT2D eigenvalue weighted by molar-refractivity contribution is -0.120. The van der Waals surface area contributed by atoms with Gasteiger partial charge in [0.15, 0.2) is 0 Å². The first-order valence-corrected chi connectivity index (χ1v) is 9.77. The van der Waals surface area contributed by atoms with Gasteiger partial charge in [-0.2, -0.15) is 0 Å². The number of carbonyl (C=O) groups is 2. The molecule has 0 unspecified atom stereocenters. The second-order valence-electron chi connectivity index (χ2n) is 7.28. The van der Waals surface area contributed by atoms with Crippen molar-refractivity contribution in [3.05, 3.63) is 94.9 Å². The fourth-order valence-corrected chi connectivity index (χ4v) is 3.55. The van der Waals surface area contributed by atoms with E-state index in [0.29, 0.717) is 22.7 Å². The summed E-state index contributed by atoms with van der Waals surface area (Å²) in [5, 5.41) is 3.09. The summed E-state index contributed by atoms with van der Waals surface area (Å²) in [7, 11) is 1.57. The lowest BCUT2D eigenvalue weighted by atomic mass is 10.0. The second kappa shape index (κ2) is 8.07. The third kappa shape index (κ3) is 3.68. The van der Waals surface area contributed by atoms with E-state index < -0.39 is 17.6 Å². The summed E-state index contributed by atoms with van der Waals surface area (Å²) < 4.78 is 18.7. The average molecular weight is 416 g/mol. The van der Waals surface area contributed by atoms with E-state index in [9.17, 15) is 14.0 Å². The van der Waals surface area contributed by atoms with E-state index in [2.05, 4.69) is 5.32 Å². The number of hydrogen-bond donors (Lipinski definition) is 1. The largest absolute Gasteiger partial charge is 0.497 e. The van der Waals surface area contributed by atoms with Gasteiger partial charge in [0.25, 0.3) is 11.8 Å². The van der Waals surface area contributed by atoms with E-state index in [1.165, 1.54) is 29.2 Å². The number of nitrogens with zero attached hydrogens (tertiary/aromatic N) is 1. The molecule has 1 N–H and O–H groups in total. The molecule has 0 fully saturated rings. The minimum Gasteiger partial charge on any atom is -0.497 e. The molecule has 0 bridgehead atoms. The molecule has 0 atom stereocenters. The van der Waals surface area contributed by atoms with E-state index in [1.54, 1.807) is 37.4 Å². The highest BCUT2D eigenvalue weighted by Gasteiger charge is 2.40. The molecule has 0 saturated carbocycles. The topological polar surface area (TPSA) is 58.6 Å². The average Bonchev–Trinajstić information content (AvgIpc) is 3.01. The van der Waals surface area contributed by atoms with Crippen LogP contribution in [0.25, 0.3) is 5.57 Å². The van der Waals surface area contributed by atoms with Crippen LogP contribution in [0.1, 0.15) is 16.7 Å². The number of nitrogens with one attached hydrogen (secondary N) is 1. The van der Waals surface area contributed by atoms with E-state index in [-0.39, 0.29) is 11.3 Å². The Balaban J connectivity index is 1.82. The molecule has 4 rings (SSSR count). The third-order valence-electron chi connectivity index (χ3n) is 5.39. The number of methoxy groups -OCH3 is 1. The Labute approximate surface area is 179 Å². The van der Waals surface area contributed by atoms with Crippen LogP contribution < -0.4 is 15.0 Å². The van der Waals surface area contributed by atoms with Gasteiger partial charge in [0.2, 0.25) is 0 Å². The number of anilines is 2. The standard InChI is InChI=1S/C25H21FN2O3/c1-15-5-4-6-21(16(15)2)28-24(29)22(17-7-9-18(26)10-8-17)23(25(28)30)27-19-11-13-20(31-3)14-12-19/h4-14,27H,1-3H3. The van der Waals surface area contributed by atoms with Gasteiger partial charge in [-0.1, -0.05) is 24.3 Å². The van der Waals surface area contributed by atoms with E-state index in [0.717, 1.165) is 11.1 Å². The maximum Gasteiger partial charge on any atom is 0.282 e. The zero-order valence-corrected chi connectivity index (χ0v) is 17.4. The van der Waals surface area contributed by atoms with E-state index >= 15 is 0 Å². The molecule has 31 heavy (non-hydrogen) atoms. The predicted molar refractivity (Wildman–Crippen MR) is 118 cm³/mol. The molecule has 1 aliphatic heterocycles. The lowest BCUT2D eigenvalue weighted by Gasteiger charge is -2.19. The number of ether oxygens (including phenoxy) is 1. The van der Waals surface area contributed by atoms with Crippen molar-refractivity contribution >= 4 is 28.8 Å². The summed E-state index contributed by atoms with van der Waals surface area (Å²) in [6.45, 7) is 3.80. The minimum atomic E-state index is -0.464. The number of hydrogen-bond acceptors (Lipinski definition) is 4. The fraction of sp³-hybridized carbons (Fsp3) is 0.120. The van der Waals surface area contributed by atoms with Crippen molar-refractivity contribution in [1.82, 2.24) is 0 Å². The second-order valence-corrected chi connectivity index (χ2v) is 7.28. The van der Waals surface area contributed by atoms with Gasteiger partial charge in [-0.25, -0.2) is 9.29 Å². The van der Waals surface area contributed by atoms with Crippen LogP contribution in [0.4, 0.5) is 15.8 Å². The van der Waals surface area contributed by atoms with Gasteiger partial charge in [-0.15, -0.1) is 0 Å². The molecule has 6 heteroatoms. The first-order chi connectivity index (χ1) is 14.9. The van der Waals surface area contributed by atoms with Gasteiger partial charge in [0.05, 0.1) is 18.4 Å². The Hall–Kier alpha value is -3.93. The summed E-state index contributed by atoms with van der Waals surface area (Å²) in [6.07, 6.45) is 0. The Morgan fingerprint density at radius 3 is 2.19 bits per heavy atom. The van der Waals surface area contributed by atoms with Crippen molar-refractivity contribution in [2.45, 2.75) is 13.8 Å². The molecule has 0 aliphatic carbocycles. The number of rotatable bonds is 5. The van der Waals surface area contributed by atoms with Gasteiger partial charge in [-0.05, 0) is 73.0 Å². The van der Waals surface area contributed by atoms with Crippen molar-refractivity contribution in [2.75, 3.05) is 17.3 Å². The number of halogens is 1. The molecule has 1 aliphatic rings. The zero-order valence-electron chi connectivity index (χ0n) is 17.4. The molecule has 0 saturated heterocycles. The highest BCUT2D eigenvalue weighted by Crippen LogP contribution is 2.36. The minimum absolute atomic E-state index is 0.141. The maximum atomic E-state index is 13.5. The Kier molecular flexibility index (Phi) is 5.29. The summed E-state index contributed by atoms with van der Waals surface area (Å²) in [5.41, 5.74) is 3.76. The molecule has 3 aromatic carbocycles. The van der Waals surface area contributed by atoms with Crippen LogP contribution in [-0.2, 0) is 9.59 Å². The summed E-state index contributed by atoms with van der Waals surface area (Å²) in [6, 6.07) is 18.0. The van der Waals surface area contributed by atoms with E-state index in [4.69, 9.17) is 4.74 Å². The SMILES string of the molecule is COc1ccc(NC2=C(c3ccc(F)cc3)C(=O)N(c3cccc(C)c3C)C2=O)cc1. The molecular formula is C25H21FN2O3. The highest BCUT2D eigenvalue weighted by atomic mass is 19.1. The fourth-order valence-electron chi connectivity index (χ4n) is 3.55. The molecular weight excluding hydrogens is 395 g/mol. The van der Waals surface area contributed by atoms with Gasteiger partial charge in [-0.3, -0.25) is 9.59 Å². The monoisotopic (exact) mass is 416 g/mol. The number of aryl methyl sites for hydroxylation is 1. The van der Waals surface area contributed by atoms with Crippen molar-refractivity contribution in [3.8, 4) is 5.75 Å². The van der Waals surface area contributed by atoms with Crippen LogP contribution in [-0.4, -0.2) is 18.9 Å². The molecule has 0 aromatic heterocycles. The summed E-state index contributed by atoms with van der Waals surface area (Å²) in [4.78, 5) is 28.1. The molecule has 5 nitrogen and oxygen atoms in total. The van der Waals surface area contributed by atoms with Crippen LogP contribution in [0, 0.1) is 19.7 Å². The molecule has 0 spiro atoms. The molecule has 156 valence electrons. The quantitative estimate of drug-likeness (QED) is 0.604. The Bertz CT molecular complexity index is 1200. The first kappa shape index (κ1) is 20.3. The molecule has 0 radical (unpaired) electrons. The van der Waals surface area contributed by atoms with E-state index in [1.807, 2.05) is 26.0 Å². The van der Waals surface area contributed by atoms with Crippen LogP contribution in [0.5, 0.6) is 5.75 Å². The Morgan fingerprint density at radius 1 is 0.871 bits per heavy atom. The zero-order chi connectivity index (χ0) is 22.1. The summed E-state index contributed by atoms with van der Waals surface area (Å²) >= 11 is 0. The third-order valence-corrected chi connectivity index (χ3v) is 5.39. The molecule has 3 aromatic rings. The smallest absolute Gasteiger partial charge is 0.282 e. The van der Waals surface area contributed by atoms with Crippen LogP contribution >= 0.6 is 0 Å². The normalized spacial score (nSPS) is 13.7. The van der Waals surface area contributed by atoms with Gasteiger partial charge < -0.3 is 10.1 Å².